The first kappa shape index (κ1) is 7.03. The molecule has 1 radical (unpaired) electrons. The van der Waals surface area contributed by atoms with Gasteiger partial charge in [0.25, 0.3) is 0 Å². The van der Waals surface area contributed by atoms with Gasteiger partial charge in [-0.25, -0.2) is 0 Å². The molecule has 0 amide bonds. The summed E-state index contributed by atoms with van der Waals surface area (Å²) in [5.74, 6) is 0. The lowest BCUT2D eigenvalue weighted by Gasteiger charge is -1.96. The Morgan fingerprint density at radius 2 is 1.92 bits per heavy atom. The molecule has 0 atom stereocenters. The molecule has 12 heavy (non-hydrogen) atoms. The average molecular weight is 158 g/mol. The first-order chi connectivity index (χ1) is 5.86. The van der Waals surface area contributed by atoms with Crippen LogP contribution in [0.3, 0.4) is 0 Å². The van der Waals surface area contributed by atoms with E-state index in [1.165, 1.54) is 0 Å². The van der Waals surface area contributed by atoms with Gasteiger partial charge >= 0.3 is 0 Å². The van der Waals surface area contributed by atoms with Gasteiger partial charge in [-0.15, -0.1) is 0 Å². The van der Waals surface area contributed by atoms with Gasteiger partial charge in [-0.3, -0.25) is 0 Å². The summed E-state index contributed by atoms with van der Waals surface area (Å²) in [6.45, 7) is 3.67. The minimum atomic E-state index is 0.679. The highest BCUT2D eigenvalue weighted by atomic mass is 15.5. The normalized spacial score (nSPS) is 10.1. The number of rotatable bonds is 1. The summed E-state index contributed by atoms with van der Waals surface area (Å²) in [5, 5.41) is 8.10. The molecule has 2 rings (SSSR count). The van der Waals surface area contributed by atoms with Crippen molar-refractivity contribution in [3.8, 4) is 5.69 Å². The highest BCUT2D eigenvalue weighted by Gasteiger charge is 1.96. The molecule has 3 heteroatoms. The van der Waals surface area contributed by atoms with Crippen molar-refractivity contribution >= 4 is 0 Å². The van der Waals surface area contributed by atoms with Crippen LogP contribution in [0, 0.1) is 6.92 Å². The number of hydrogen-bond acceptors (Lipinski definition) is 2. The van der Waals surface area contributed by atoms with Crippen LogP contribution in [-0.4, -0.2) is 15.0 Å². The van der Waals surface area contributed by atoms with Gasteiger partial charge in [-0.05, 0) is 19.1 Å². The summed E-state index contributed by atoms with van der Waals surface area (Å²) < 4.78 is 0. The predicted octanol–water partition coefficient (Wildman–Crippen LogP) is 1.45. The molecular weight excluding hydrogens is 150 g/mol. The van der Waals surface area contributed by atoms with Crippen LogP contribution in [0.25, 0.3) is 5.69 Å². The van der Waals surface area contributed by atoms with E-state index in [0.717, 1.165) is 5.69 Å². The highest BCUT2D eigenvalue weighted by Crippen LogP contribution is 2.02. The SMILES string of the molecule is [CH2]c1cnn(-c2ccccc2)n1. The molecular formula is C9H8N3. The zero-order valence-electron chi connectivity index (χ0n) is 6.51. The van der Waals surface area contributed by atoms with Crippen molar-refractivity contribution in [1.29, 1.82) is 0 Å². The standard InChI is InChI=1S/C9H8N3/c1-8-7-10-12(11-8)9-5-3-2-4-6-9/h2-7H,1H2. The zero-order chi connectivity index (χ0) is 8.39. The molecule has 0 N–H and O–H groups in total. The van der Waals surface area contributed by atoms with Gasteiger partial charge in [0.1, 0.15) is 0 Å². The average Bonchev–Trinajstić information content (AvgIpc) is 2.54. The number of para-hydroxylation sites is 1. The van der Waals surface area contributed by atoms with Crippen molar-refractivity contribution in [3.05, 3.63) is 49.1 Å². The quantitative estimate of drug-likeness (QED) is 0.628. The molecule has 1 heterocycles. The van der Waals surface area contributed by atoms with Gasteiger partial charge < -0.3 is 0 Å². The van der Waals surface area contributed by atoms with Gasteiger partial charge in [0.2, 0.25) is 0 Å². The summed E-state index contributed by atoms with van der Waals surface area (Å²) in [5.41, 5.74) is 1.63. The summed E-state index contributed by atoms with van der Waals surface area (Å²) in [6, 6.07) is 9.74. The van der Waals surface area contributed by atoms with E-state index in [0.29, 0.717) is 5.69 Å². The lowest BCUT2D eigenvalue weighted by Crippen LogP contribution is -1.97. The van der Waals surface area contributed by atoms with Gasteiger partial charge in [-0.1, -0.05) is 18.2 Å². The lowest BCUT2D eigenvalue weighted by molar-refractivity contribution is 0.749. The fraction of sp³-hybridized carbons (Fsp3) is 0. The second-order valence-electron chi connectivity index (χ2n) is 2.46. The van der Waals surface area contributed by atoms with Crippen molar-refractivity contribution in [2.24, 2.45) is 0 Å². The van der Waals surface area contributed by atoms with Gasteiger partial charge in [0.15, 0.2) is 0 Å². The van der Waals surface area contributed by atoms with E-state index in [-0.39, 0.29) is 0 Å². The minimum Gasteiger partial charge on any atom is -0.157 e. The monoisotopic (exact) mass is 158 g/mol. The third-order valence-electron chi connectivity index (χ3n) is 1.53. The summed E-state index contributed by atoms with van der Waals surface area (Å²) in [7, 11) is 0. The number of aromatic nitrogens is 3. The van der Waals surface area contributed by atoms with E-state index < -0.39 is 0 Å². The van der Waals surface area contributed by atoms with E-state index in [2.05, 4.69) is 17.1 Å². The zero-order valence-corrected chi connectivity index (χ0v) is 6.51. The molecule has 0 saturated carbocycles. The van der Waals surface area contributed by atoms with Crippen LogP contribution in [0.15, 0.2) is 36.5 Å². The molecule has 1 aromatic heterocycles. The first-order valence-corrected chi connectivity index (χ1v) is 3.66. The lowest BCUT2D eigenvalue weighted by atomic mass is 10.3. The molecule has 2 aromatic rings. The Morgan fingerprint density at radius 1 is 1.17 bits per heavy atom. The van der Waals surface area contributed by atoms with E-state index in [1.54, 1.807) is 11.0 Å². The molecule has 0 fully saturated rings. The Kier molecular flexibility index (Phi) is 1.63. The van der Waals surface area contributed by atoms with Crippen LogP contribution < -0.4 is 0 Å². The van der Waals surface area contributed by atoms with E-state index in [1.807, 2.05) is 30.3 Å². The van der Waals surface area contributed by atoms with E-state index >= 15 is 0 Å². The minimum absolute atomic E-state index is 0.679. The van der Waals surface area contributed by atoms with Gasteiger partial charge in [0.05, 0.1) is 17.6 Å². The van der Waals surface area contributed by atoms with Gasteiger partial charge in [0, 0.05) is 0 Å². The van der Waals surface area contributed by atoms with E-state index in [4.69, 9.17) is 0 Å². The molecule has 0 unspecified atom stereocenters. The van der Waals surface area contributed by atoms with Crippen LogP contribution in [0.5, 0.6) is 0 Å². The van der Waals surface area contributed by atoms with Crippen LogP contribution in [-0.2, 0) is 0 Å². The van der Waals surface area contributed by atoms with Crippen molar-refractivity contribution in [3.63, 3.8) is 0 Å². The largest absolute Gasteiger partial charge is 0.157 e. The molecule has 0 saturated heterocycles. The molecule has 0 aliphatic carbocycles. The fourth-order valence-electron chi connectivity index (χ4n) is 0.980. The molecule has 1 aromatic carbocycles. The van der Waals surface area contributed by atoms with E-state index in [9.17, 15) is 0 Å². The van der Waals surface area contributed by atoms with Crippen molar-refractivity contribution in [2.45, 2.75) is 0 Å². The van der Waals surface area contributed by atoms with Gasteiger partial charge in [-0.2, -0.15) is 15.0 Å². The van der Waals surface area contributed by atoms with Crippen LogP contribution in [0.4, 0.5) is 0 Å². The second-order valence-corrected chi connectivity index (χ2v) is 2.46. The summed E-state index contributed by atoms with van der Waals surface area (Å²) in [6.07, 6.45) is 1.63. The van der Waals surface area contributed by atoms with Crippen LogP contribution >= 0.6 is 0 Å². The third-order valence-corrected chi connectivity index (χ3v) is 1.53. The molecule has 59 valence electrons. The maximum atomic E-state index is 4.08. The summed E-state index contributed by atoms with van der Waals surface area (Å²) >= 11 is 0. The highest BCUT2D eigenvalue weighted by molar-refractivity contribution is 5.28. The summed E-state index contributed by atoms with van der Waals surface area (Å²) in [4.78, 5) is 1.56. The van der Waals surface area contributed by atoms with Crippen LogP contribution in [0.1, 0.15) is 5.69 Å². The maximum absolute atomic E-state index is 4.08. The Hall–Kier alpha value is -1.64. The molecule has 0 spiro atoms. The number of benzene rings is 1. The molecule has 0 aliphatic rings. The molecule has 0 aliphatic heterocycles. The predicted molar refractivity (Wildman–Crippen MR) is 45.8 cm³/mol. The molecule has 3 nitrogen and oxygen atoms in total. The van der Waals surface area contributed by atoms with Crippen molar-refractivity contribution in [2.75, 3.05) is 0 Å². The Labute approximate surface area is 70.6 Å². The first-order valence-electron chi connectivity index (χ1n) is 3.66. The smallest absolute Gasteiger partial charge is 0.0856 e. The van der Waals surface area contributed by atoms with Crippen molar-refractivity contribution in [1.82, 2.24) is 15.0 Å². The Balaban J connectivity index is 2.45. The second kappa shape index (κ2) is 2.77. The maximum Gasteiger partial charge on any atom is 0.0856 e. The topological polar surface area (TPSA) is 30.7 Å². The number of hydrogen-bond donors (Lipinski definition) is 0. The fourth-order valence-corrected chi connectivity index (χ4v) is 0.980. The Bertz CT molecular complexity index is 364. The molecule has 0 bridgehead atoms. The van der Waals surface area contributed by atoms with Crippen LogP contribution in [0.2, 0.25) is 0 Å². The number of nitrogens with zero attached hydrogens (tertiary/aromatic N) is 3. The third kappa shape index (κ3) is 1.21. The van der Waals surface area contributed by atoms with Crippen molar-refractivity contribution < 1.29 is 0 Å². The Morgan fingerprint density at radius 3 is 2.50 bits per heavy atom.